The molecule has 124 valence electrons. The van der Waals surface area contributed by atoms with Crippen LogP contribution in [0.15, 0.2) is 53.4 Å². The fraction of sp³-hybridized carbons (Fsp3) is 0.200. The van der Waals surface area contributed by atoms with Crippen LogP contribution < -0.4 is 22.6 Å². The molecule has 2 rings (SSSR count). The van der Waals surface area contributed by atoms with E-state index < -0.39 is 25.6 Å². The Labute approximate surface area is 148 Å². The lowest BCUT2D eigenvalue weighted by Crippen LogP contribution is -3.34. The molecule has 0 radical (unpaired) electrons. The van der Waals surface area contributed by atoms with Crippen molar-refractivity contribution in [3.8, 4) is 0 Å². The first-order chi connectivity index (χ1) is 10.6. The van der Waals surface area contributed by atoms with E-state index in [9.17, 15) is 23.1 Å². The summed E-state index contributed by atoms with van der Waals surface area (Å²) in [5, 5.41) is 10.2. The van der Waals surface area contributed by atoms with Crippen LogP contribution in [0.25, 0.3) is 0 Å². The highest BCUT2D eigenvalue weighted by molar-refractivity contribution is 7.85. The normalized spacial score (nSPS) is 10.8. The molecule has 8 heteroatoms. The molecule has 0 unspecified atom stereocenters. The van der Waals surface area contributed by atoms with Gasteiger partial charge >= 0.3 is 0 Å². The van der Waals surface area contributed by atoms with Gasteiger partial charge < -0.3 is 4.55 Å². The van der Waals surface area contributed by atoms with Gasteiger partial charge in [-0.05, 0) is 29.7 Å². The zero-order valence-corrected chi connectivity index (χ0v) is 15.6. The number of non-ortho nitro benzene ring substituents is 1. The van der Waals surface area contributed by atoms with E-state index in [0.29, 0.717) is 5.92 Å². The van der Waals surface area contributed by atoms with Gasteiger partial charge in [0.15, 0.2) is 3.57 Å². The lowest BCUT2D eigenvalue weighted by Gasteiger charge is -2.05. The third kappa shape index (κ3) is 6.63. The summed E-state index contributed by atoms with van der Waals surface area (Å²) in [6.45, 7) is 4.43. The quantitative estimate of drug-likeness (QED) is 0.279. The number of hydrogen-bond donors (Lipinski definition) is 0. The molecule has 0 N–H and O–H groups in total. The van der Waals surface area contributed by atoms with Crippen molar-refractivity contribution in [1.82, 2.24) is 0 Å². The van der Waals surface area contributed by atoms with E-state index in [0.717, 1.165) is 24.3 Å². The third-order valence-electron chi connectivity index (χ3n) is 2.86. The Bertz CT molecular complexity index is 773. The Hall–Kier alpha value is -1.52. The fourth-order valence-electron chi connectivity index (χ4n) is 1.61. The molecule has 2 aromatic rings. The molecule has 0 aromatic heterocycles. The average molecular weight is 449 g/mol. The van der Waals surface area contributed by atoms with Crippen molar-refractivity contribution in [1.29, 1.82) is 0 Å². The van der Waals surface area contributed by atoms with Gasteiger partial charge in [0.25, 0.3) is 28.3 Å². The molecule has 2 aromatic carbocycles. The zero-order valence-electron chi connectivity index (χ0n) is 12.5. The molecule has 0 fully saturated rings. The number of benzene rings is 2. The second kappa shape index (κ2) is 8.37. The number of halogens is 1. The van der Waals surface area contributed by atoms with Crippen LogP contribution in [0.2, 0.25) is 0 Å². The van der Waals surface area contributed by atoms with Gasteiger partial charge in [-0.3, -0.25) is 10.1 Å². The Morgan fingerprint density at radius 2 is 1.65 bits per heavy atom. The van der Waals surface area contributed by atoms with E-state index >= 15 is 0 Å². The topological polar surface area (TPSA) is 100 Å². The Balaban J connectivity index is 0.000000238. The Kier molecular flexibility index (Phi) is 7.10. The lowest BCUT2D eigenvalue weighted by atomic mass is 10.0. The molecule has 0 bridgehead atoms. The first kappa shape index (κ1) is 19.5. The first-order valence-corrected chi connectivity index (χ1v) is 9.16. The fourth-order valence-corrected chi connectivity index (χ4v) is 2.50. The predicted molar refractivity (Wildman–Crippen MR) is 81.7 cm³/mol. The largest absolute Gasteiger partial charge is 0.744 e. The molecule has 0 heterocycles. The third-order valence-corrected chi connectivity index (χ3v) is 4.47. The molecule has 0 saturated heterocycles. The van der Waals surface area contributed by atoms with Crippen LogP contribution in [-0.2, 0) is 10.1 Å². The maximum absolute atomic E-state index is 10.4. The molecule has 0 aliphatic carbocycles. The maximum atomic E-state index is 10.4. The number of rotatable bonds is 3. The van der Waals surface area contributed by atoms with Crippen LogP contribution in [0.5, 0.6) is 0 Å². The van der Waals surface area contributed by atoms with Gasteiger partial charge in [-0.15, -0.1) is 0 Å². The lowest BCUT2D eigenvalue weighted by molar-refractivity contribution is -0.385. The van der Waals surface area contributed by atoms with Crippen LogP contribution in [0.3, 0.4) is 0 Å². The van der Waals surface area contributed by atoms with Gasteiger partial charge in [0.2, 0.25) is 0 Å². The molecular formula is C15H16INO5S. The molecule has 6 nitrogen and oxygen atoms in total. The van der Waals surface area contributed by atoms with E-state index in [1.54, 1.807) is 0 Å². The van der Waals surface area contributed by atoms with Crippen molar-refractivity contribution in [2.24, 2.45) is 0 Å². The van der Waals surface area contributed by atoms with Crippen molar-refractivity contribution in [2.75, 3.05) is 0 Å². The van der Waals surface area contributed by atoms with Crippen molar-refractivity contribution in [3.05, 3.63) is 67.8 Å². The van der Waals surface area contributed by atoms with E-state index in [1.165, 1.54) is 9.13 Å². The van der Waals surface area contributed by atoms with Crippen molar-refractivity contribution >= 4 is 15.8 Å². The van der Waals surface area contributed by atoms with Gasteiger partial charge in [-0.2, -0.15) is 0 Å². The smallest absolute Gasteiger partial charge is 0.296 e. The van der Waals surface area contributed by atoms with Gasteiger partial charge in [-0.25, -0.2) is 8.42 Å². The van der Waals surface area contributed by atoms with Gasteiger partial charge in [0.1, 0.15) is 10.1 Å². The van der Waals surface area contributed by atoms with E-state index in [4.69, 9.17) is 0 Å². The van der Waals surface area contributed by atoms with Crippen LogP contribution >= 0.6 is 0 Å². The zero-order chi connectivity index (χ0) is 17.6. The first-order valence-electron chi connectivity index (χ1n) is 6.58. The molecule has 0 amide bonds. The monoisotopic (exact) mass is 449 g/mol. The highest BCUT2D eigenvalue weighted by Crippen LogP contribution is 2.16. The minimum absolute atomic E-state index is 0.420. The highest BCUT2D eigenvalue weighted by Gasteiger charge is 2.08. The predicted octanol–water partition coefficient (Wildman–Crippen LogP) is -0.236. The van der Waals surface area contributed by atoms with Crippen LogP contribution in [-0.4, -0.2) is 17.9 Å². The Morgan fingerprint density at radius 3 is 2.09 bits per heavy atom. The molecule has 0 aliphatic heterocycles. The van der Waals surface area contributed by atoms with Crippen molar-refractivity contribution < 1.29 is 40.5 Å². The van der Waals surface area contributed by atoms with Crippen LogP contribution in [0.1, 0.15) is 25.3 Å². The van der Waals surface area contributed by atoms with Gasteiger partial charge in [0.05, 0.1) is 9.82 Å². The summed E-state index contributed by atoms with van der Waals surface area (Å²) in [6, 6.07) is 12.7. The van der Waals surface area contributed by atoms with E-state index in [-0.39, 0.29) is 0 Å². The molecule has 23 heavy (non-hydrogen) atoms. The number of nitrogens with zero attached hydrogens (tertiary/aromatic N) is 1. The molecule has 0 spiro atoms. The standard InChI is InChI=1S/C9H12I.C6H5NO5S/c1-7(2)8-3-5-9(10)6-4-8;8-7(9)5-2-1-3-6(4-5)13(10,11)12/h3-7,10H,1-2H3;1-4H,(H,10,11,12)/q+1;/p-1. The molecule has 0 aliphatic rings. The van der Waals surface area contributed by atoms with Crippen molar-refractivity contribution in [2.45, 2.75) is 24.7 Å². The summed E-state index contributed by atoms with van der Waals surface area (Å²) >= 11 is 2.05. The second-order valence-electron chi connectivity index (χ2n) is 4.93. The summed E-state index contributed by atoms with van der Waals surface area (Å²) in [4.78, 5) is 8.82. The summed E-state index contributed by atoms with van der Waals surface area (Å²) in [6.07, 6.45) is 0. The molecule has 0 saturated carbocycles. The van der Waals surface area contributed by atoms with Gasteiger partial charge in [-0.1, -0.05) is 32.0 Å². The maximum Gasteiger partial charge on any atom is 0.296 e. The summed E-state index contributed by atoms with van der Waals surface area (Å²) < 4.78 is 32.6. The average Bonchev–Trinajstić information content (AvgIpc) is 2.47. The van der Waals surface area contributed by atoms with Crippen LogP contribution in [0.4, 0.5) is 5.69 Å². The Morgan fingerprint density at radius 1 is 1.09 bits per heavy atom. The van der Waals surface area contributed by atoms with Gasteiger partial charge in [0, 0.05) is 12.1 Å². The minimum Gasteiger partial charge on any atom is -0.744 e. The summed E-state index contributed by atoms with van der Waals surface area (Å²) in [5.74, 6) is 0.654. The highest BCUT2D eigenvalue weighted by atomic mass is 127. The summed E-state index contributed by atoms with van der Waals surface area (Å²) in [7, 11) is -4.61. The molecular weight excluding hydrogens is 433 g/mol. The SMILES string of the molecule is CC(C)c1ccc([IH+])cc1.O=[N+]([O-])c1cccc(S(=O)(=O)[O-])c1. The number of nitro groups is 1. The second-order valence-corrected chi connectivity index (χ2v) is 7.66. The van der Waals surface area contributed by atoms with E-state index in [2.05, 4.69) is 38.1 Å². The van der Waals surface area contributed by atoms with Crippen LogP contribution in [0, 0.1) is 13.7 Å². The van der Waals surface area contributed by atoms with E-state index in [1.807, 2.05) is 22.6 Å². The number of nitro benzene ring substituents is 1. The molecule has 0 atom stereocenters. The summed E-state index contributed by atoms with van der Waals surface area (Å²) in [5.41, 5.74) is 1.00. The van der Waals surface area contributed by atoms with Crippen molar-refractivity contribution in [3.63, 3.8) is 0 Å². The number of hydrogen-bond acceptors (Lipinski definition) is 5. The minimum atomic E-state index is -4.61.